The smallest absolute Gasteiger partial charge is 0.265 e. The molecule has 0 bridgehead atoms. The van der Waals surface area contributed by atoms with E-state index in [1.165, 1.54) is 0 Å². The van der Waals surface area contributed by atoms with E-state index >= 15 is 0 Å². The topological polar surface area (TPSA) is 49.0 Å². The van der Waals surface area contributed by atoms with Crippen LogP contribution in [0.25, 0.3) is 11.3 Å². The molecule has 0 aliphatic carbocycles. The minimum atomic E-state index is -0.136. The lowest BCUT2D eigenvalue weighted by atomic mass is 10.1. The van der Waals surface area contributed by atoms with Crippen LogP contribution in [0.3, 0.4) is 0 Å². The van der Waals surface area contributed by atoms with Gasteiger partial charge in [0.2, 0.25) is 0 Å². The van der Waals surface area contributed by atoms with Gasteiger partial charge in [-0.3, -0.25) is 4.79 Å². The molecule has 0 spiro atoms. The summed E-state index contributed by atoms with van der Waals surface area (Å²) in [6.07, 6.45) is 0.718. The highest BCUT2D eigenvalue weighted by molar-refractivity contribution is 9.10. The van der Waals surface area contributed by atoms with E-state index in [1.54, 1.807) is 0 Å². The van der Waals surface area contributed by atoms with E-state index in [1.807, 2.05) is 44.4 Å². The fourth-order valence-corrected chi connectivity index (χ4v) is 2.16. The molecule has 1 aromatic carbocycles. The van der Waals surface area contributed by atoms with Crippen molar-refractivity contribution >= 4 is 15.9 Å². The summed E-state index contributed by atoms with van der Waals surface area (Å²) in [5.74, 6) is 0.709. The molecule has 2 aromatic rings. The second-order valence-electron chi connectivity index (χ2n) is 4.59. The SMILES string of the molecule is CN(C)CCc1nc(-c2ccccc2)c(Br)c(=O)[nH]1. The van der Waals surface area contributed by atoms with Crippen LogP contribution in [0, 0.1) is 0 Å². The average Bonchev–Trinajstić information content (AvgIpc) is 2.41. The summed E-state index contributed by atoms with van der Waals surface area (Å²) in [6, 6.07) is 9.70. The Kier molecular flexibility index (Phi) is 4.50. The first-order valence-electron chi connectivity index (χ1n) is 6.07. The van der Waals surface area contributed by atoms with Crippen LogP contribution in [0.5, 0.6) is 0 Å². The summed E-state index contributed by atoms with van der Waals surface area (Å²) in [5.41, 5.74) is 1.49. The van der Waals surface area contributed by atoms with Gasteiger partial charge in [-0.15, -0.1) is 0 Å². The zero-order valence-corrected chi connectivity index (χ0v) is 12.6. The third-order valence-corrected chi connectivity index (χ3v) is 3.49. The molecule has 0 unspecified atom stereocenters. The van der Waals surface area contributed by atoms with Crippen molar-refractivity contribution < 1.29 is 0 Å². The number of halogens is 1. The Morgan fingerprint density at radius 1 is 1.26 bits per heavy atom. The Hall–Kier alpha value is -1.46. The predicted octanol–water partition coefficient (Wildman–Crippen LogP) is 2.30. The molecule has 0 amide bonds. The summed E-state index contributed by atoms with van der Waals surface area (Å²) in [6.45, 7) is 0.846. The van der Waals surface area contributed by atoms with Crippen LogP contribution in [0.4, 0.5) is 0 Å². The minimum Gasteiger partial charge on any atom is -0.309 e. The summed E-state index contributed by atoms with van der Waals surface area (Å²) < 4.78 is 0.479. The maximum atomic E-state index is 11.9. The first kappa shape index (κ1) is 14.0. The zero-order chi connectivity index (χ0) is 13.8. The third-order valence-electron chi connectivity index (χ3n) is 2.75. The normalized spacial score (nSPS) is 10.9. The van der Waals surface area contributed by atoms with E-state index in [0.717, 1.165) is 18.5 Å². The molecule has 1 aromatic heterocycles. The van der Waals surface area contributed by atoms with E-state index in [4.69, 9.17) is 0 Å². The number of nitrogens with one attached hydrogen (secondary N) is 1. The monoisotopic (exact) mass is 321 g/mol. The first-order chi connectivity index (χ1) is 9.08. The lowest BCUT2D eigenvalue weighted by molar-refractivity contribution is 0.409. The number of aromatic amines is 1. The van der Waals surface area contributed by atoms with Crippen LogP contribution in [0.2, 0.25) is 0 Å². The Morgan fingerprint density at radius 2 is 1.95 bits per heavy atom. The molecule has 0 fully saturated rings. The molecule has 0 saturated carbocycles. The number of hydrogen-bond donors (Lipinski definition) is 1. The molecule has 19 heavy (non-hydrogen) atoms. The molecule has 0 radical (unpaired) electrons. The minimum absolute atomic E-state index is 0.136. The lowest BCUT2D eigenvalue weighted by Crippen LogP contribution is -2.20. The highest BCUT2D eigenvalue weighted by Crippen LogP contribution is 2.22. The molecule has 4 nitrogen and oxygen atoms in total. The van der Waals surface area contributed by atoms with Crippen molar-refractivity contribution in [2.24, 2.45) is 0 Å². The third kappa shape index (κ3) is 3.52. The van der Waals surface area contributed by atoms with Gasteiger partial charge in [-0.05, 0) is 30.0 Å². The number of likely N-dealkylation sites (N-methyl/N-ethyl adjacent to an activating group) is 1. The van der Waals surface area contributed by atoms with Crippen molar-refractivity contribution in [3.05, 3.63) is 51.0 Å². The van der Waals surface area contributed by atoms with Crippen molar-refractivity contribution in [1.82, 2.24) is 14.9 Å². The largest absolute Gasteiger partial charge is 0.309 e. The van der Waals surface area contributed by atoms with E-state index in [2.05, 4.69) is 30.8 Å². The summed E-state index contributed by atoms with van der Waals surface area (Å²) >= 11 is 3.31. The van der Waals surface area contributed by atoms with Gasteiger partial charge in [0, 0.05) is 18.5 Å². The van der Waals surface area contributed by atoms with Crippen LogP contribution in [-0.2, 0) is 6.42 Å². The van der Waals surface area contributed by atoms with Crippen LogP contribution >= 0.6 is 15.9 Å². The Bertz CT molecular complexity index is 608. The quantitative estimate of drug-likeness (QED) is 0.940. The molecule has 5 heteroatoms. The molecule has 2 rings (SSSR count). The van der Waals surface area contributed by atoms with Gasteiger partial charge in [-0.25, -0.2) is 4.98 Å². The summed E-state index contributed by atoms with van der Waals surface area (Å²) in [7, 11) is 3.99. The van der Waals surface area contributed by atoms with Gasteiger partial charge >= 0.3 is 0 Å². The second-order valence-corrected chi connectivity index (χ2v) is 5.39. The average molecular weight is 322 g/mol. The molecule has 0 atom stereocenters. The number of H-pyrrole nitrogens is 1. The maximum Gasteiger partial charge on any atom is 0.265 e. The molecular formula is C14H16BrN3O. The number of aromatic nitrogens is 2. The van der Waals surface area contributed by atoms with E-state index in [0.29, 0.717) is 16.0 Å². The molecule has 0 saturated heterocycles. The lowest BCUT2D eigenvalue weighted by Gasteiger charge is -2.10. The Labute approximate surface area is 120 Å². The molecule has 0 aliphatic rings. The van der Waals surface area contributed by atoms with Gasteiger partial charge in [0.1, 0.15) is 10.3 Å². The van der Waals surface area contributed by atoms with Gasteiger partial charge in [-0.2, -0.15) is 0 Å². The summed E-state index contributed by atoms with van der Waals surface area (Å²) in [4.78, 5) is 21.3. The van der Waals surface area contributed by atoms with Crippen LogP contribution in [-0.4, -0.2) is 35.5 Å². The van der Waals surface area contributed by atoms with E-state index in [9.17, 15) is 4.79 Å². The highest BCUT2D eigenvalue weighted by Gasteiger charge is 2.10. The standard InChI is InChI=1S/C14H16BrN3O/c1-18(2)9-8-11-16-13(12(15)14(19)17-11)10-6-4-3-5-7-10/h3-7H,8-9H2,1-2H3,(H,16,17,19). The van der Waals surface area contributed by atoms with Gasteiger partial charge in [0.25, 0.3) is 5.56 Å². The number of benzene rings is 1. The second kappa shape index (κ2) is 6.12. The van der Waals surface area contributed by atoms with Gasteiger partial charge in [0.15, 0.2) is 0 Å². The first-order valence-corrected chi connectivity index (χ1v) is 6.86. The predicted molar refractivity (Wildman–Crippen MR) is 80.3 cm³/mol. The van der Waals surface area contributed by atoms with Gasteiger partial charge < -0.3 is 9.88 Å². The maximum absolute atomic E-state index is 11.9. The van der Waals surface area contributed by atoms with Crippen molar-refractivity contribution in [2.75, 3.05) is 20.6 Å². The van der Waals surface area contributed by atoms with Crippen molar-refractivity contribution in [1.29, 1.82) is 0 Å². The van der Waals surface area contributed by atoms with E-state index < -0.39 is 0 Å². The number of nitrogens with zero attached hydrogens (tertiary/aromatic N) is 2. The van der Waals surface area contributed by atoms with Crippen molar-refractivity contribution in [2.45, 2.75) is 6.42 Å². The van der Waals surface area contributed by atoms with E-state index in [-0.39, 0.29) is 5.56 Å². The highest BCUT2D eigenvalue weighted by atomic mass is 79.9. The Morgan fingerprint density at radius 3 is 2.58 bits per heavy atom. The number of rotatable bonds is 4. The summed E-state index contributed by atoms with van der Waals surface area (Å²) in [5, 5.41) is 0. The number of hydrogen-bond acceptors (Lipinski definition) is 3. The van der Waals surface area contributed by atoms with Crippen LogP contribution < -0.4 is 5.56 Å². The molecule has 100 valence electrons. The molecule has 0 aliphatic heterocycles. The Balaban J connectivity index is 2.41. The van der Waals surface area contributed by atoms with Gasteiger partial charge in [0.05, 0.1) is 5.69 Å². The van der Waals surface area contributed by atoms with Crippen LogP contribution in [0.1, 0.15) is 5.82 Å². The van der Waals surface area contributed by atoms with Gasteiger partial charge in [-0.1, -0.05) is 30.3 Å². The fraction of sp³-hybridized carbons (Fsp3) is 0.286. The van der Waals surface area contributed by atoms with Crippen LogP contribution in [0.15, 0.2) is 39.6 Å². The van der Waals surface area contributed by atoms with Crippen molar-refractivity contribution in [3.63, 3.8) is 0 Å². The molecule has 1 N–H and O–H groups in total. The van der Waals surface area contributed by atoms with Crippen molar-refractivity contribution in [3.8, 4) is 11.3 Å². The molecule has 1 heterocycles. The molecular weight excluding hydrogens is 306 g/mol. The fourth-order valence-electron chi connectivity index (χ4n) is 1.74. The zero-order valence-electron chi connectivity index (χ0n) is 11.0.